The highest BCUT2D eigenvalue weighted by atomic mass is 15.3. The second-order valence-corrected chi connectivity index (χ2v) is 2.46. The second-order valence-electron chi connectivity index (χ2n) is 2.46. The Hall–Kier alpha value is -1.64. The molecule has 0 unspecified atom stereocenters. The topological polar surface area (TPSA) is 30.7 Å². The molecule has 0 saturated heterocycles. The molecular formula is C9H8N3. The number of hydrogen-bond acceptors (Lipinski definition) is 2. The van der Waals surface area contributed by atoms with Crippen molar-refractivity contribution in [3.8, 4) is 0 Å². The molecule has 2 heterocycles. The van der Waals surface area contributed by atoms with Gasteiger partial charge in [-0.25, -0.2) is 0 Å². The van der Waals surface area contributed by atoms with Crippen LogP contribution in [0.2, 0.25) is 0 Å². The molecule has 2 rings (SSSR count). The molecule has 12 heavy (non-hydrogen) atoms. The van der Waals surface area contributed by atoms with E-state index in [1.165, 1.54) is 0 Å². The van der Waals surface area contributed by atoms with Gasteiger partial charge in [-0.15, -0.1) is 0 Å². The second kappa shape index (κ2) is 3.17. The molecule has 0 aliphatic carbocycles. The molecule has 1 radical (unpaired) electrons. The molecule has 0 aromatic carbocycles. The first-order valence-electron chi connectivity index (χ1n) is 3.73. The highest BCUT2D eigenvalue weighted by Gasteiger charge is 1.93. The van der Waals surface area contributed by atoms with Crippen molar-refractivity contribution in [3.63, 3.8) is 0 Å². The summed E-state index contributed by atoms with van der Waals surface area (Å²) in [6, 6.07) is 8.72. The first kappa shape index (κ1) is 7.03. The molecule has 0 aliphatic rings. The first-order valence-corrected chi connectivity index (χ1v) is 3.73. The Balaban J connectivity index is 2.15. The fourth-order valence-corrected chi connectivity index (χ4v) is 1.00. The maximum atomic E-state index is 4.18. The lowest BCUT2D eigenvalue weighted by atomic mass is 10.3. The van der Waals surface area contributed by atoms with Crippen LogP contribution in [0.3, 0.4) is 0 Å². The van der Waals surface area contributed by atoms with Gasteiger partial charge >= 0.3 is 0 Å². The van der Waals surface area contributed by atoms with Crippen LogP contribution in [0.4, 0.5) is 0 Å². The number of pyridine rings is 1. The Bertz CT molecular complexity index is 326. The van der Waals surface area contributed by atoms with Gasteiger partial charge in [0.25, 0.3) is 0 Å². The Morgan fingerprint density at radius 2 is 2.42 bits per heavy atom. The summed E-state index contributed by atoms with van der Waals surface area (Å²) in [5, 5.41) is 4.03. The van der Waals surface area contributed by atoms with Crippen LogP contribution in [0.15, 0.2) is 36.8 Å². The molecule has 0 saturated carbocycles. The minimum Gasteiger partial charge on any atom is -0.266 e. The fraction of sp³-hybridized carbons (Fsp3) is 0.111. The summed E-state index contributed by atoms with van der Waals surface area (Å²) in [7, 11) is 0. The quantitative estimate of drug-likeness (QED) is 0.655. The van der Waals surface area contributed by atoms with Gasteiger partial charge in [-0.2, -0.15) is 5.10 Å². The zero-order chi connectivity index (χ0) is 8.23. The summed E-state index contributed by atoms with van der Waals surface area (Å²) in [5.41, 5.74) is 1.01. The van der Waals surface area contributed by atoms with E-state index in [1.807, 2.05) is 18.2 Å². The fourth-order valence-electron chi connectivity index (χ4n) is 1.00. The standard InChI is InChI=1S/C9H8N3/c1-2-5-10-9(4-1)8-12-7-3-6-11-12/h1-2,4-7H,8H2. The van der Waals surface area contributed by atoms with Gasteiger partial charge < -0.3 is 0 Å². The zero-order valence-electron chi connectivity index (χ0n) is 6.51. The number of aromatic nitrogens is 3. The molecule has 0 spiro atoms. The maximum absolute atomic E-state index is 4.18. The molecule has 3 heteroatoms. The highest BCUT2D eigenvalue weighted by molar-refractivity contribution is 5.03. The van der Waals surface area contributed by atoms with Gasteiger partial charge in [0.2, 0.25) is 0 Å². The van der Waals surface area contributed by atoms with Crippen molar-refractivity contribution in [2.75, 3.05) is 0 Å². The Morgan fingerprint density at radius 1 is 1.42 bits per heavy atom. The lowest BCUT2D eigenvalue weighted by molar-refractivity contribution is 0.673. The van der Waals surface area contributed by atoms with Crippen molar-refractivity contribution < 1.29 is 0 Å². The van der Waals surface area contributed by atoms with Gasteiger partial charge in [0.05, 0.1) is 18.4 Å². The van der Waals surface area contributed by atoms with Crippen molar-refractivity contribution in [1.29, 1.82) is 0 Å². The Morgan fingerprint density at radius 3 is 3.08 bits per heavy atom. The molecule has 2 aromatic heterocycles. The van der Waals surface area contributed by atoms with Crippen molar-refractivity contribution >= 4 is 0 Å². The predicted molar refractivity (Wildman–Crippen MR) is 44.4 cm³/mol. The smallest absolute Gasteiger partial charge is 0.0831 e. The van der Waals surface area contributed by atoms with Crippen molar-refractivity contribution in [3.05, 3.63) is 48.5 Å². The van der Waals surface area contributed by atoms with E-state index in [9.17, 15) is 0 Å². The summed E-state index contributed by atoms with van der Waals surface area (Å²) >= 11 is 0. The Kier molecular flexibility index (Phi) is 1.86. The van der Waals surface area contributed by atoms with E-state index in [2.05, 4.69) is 16.1 Å². The van der Waals surface area contributed by atoms with Gasteiger partial charge in [-0.05, 0) is 12.1 Å². The average Bonchev–Trinajstić information content (AvgIpc) is 2.59. The van der Waals surface area contributed by atoms with Gasteiger partial charge in [0, 0.05) is 18.5 Å². The third-order valence-corrected chi connectivity index (χ3v) is 1.55. The monoisotopic (exact) mass is 158 g/mol. The van der Waals surface area contributed by atoms with E-state index in [4.69, 9.17) is 0 Å². The average molecular weight is 158 g/mol. The third-order valence-electron chi connectivity index (χ3n) is 1.55. The largest absolute Gasteiger partial charge is 0.266 e. The first-order chi connectivity index (χ1) is 5.95. The van der Waals surface area contributed by atoms with Crippen LogP contribution in [0.1, 0.15) is 5.69 Å². The van der Waals surface area contributed by atoms with Gasteiger partial charge in [0.1, 0.15) is 0 Å². The summed E-state index contributed by atoms with van der Waals surface area (Å²) in [5.74, 6) is 0. The van der Waals surface area contributed by atoms with Crippen molar-refractivity contribution in [2.24, 2.45) is 0 Å². The van der Waals surface area contributed by atoms with E-state index < -0.39 is 0 Å². The van der Waals surface area contributed by atoms with Gasteiger partial charge in [-0.3, -0.25) is 9.67 Å². The van der Waals surface area contributed by atoms with Crippen LogP contribution in [0, 0.1) is 6.07 Å². The molecule has 0 amide bonds. The molecule has 0 fully saturated rings. The van der Waals surface area contributed by atoms with E-state index in [0.29, 0.717) is 6.54 Å². The van der Waals surface area contributed by atoms with E-state index in [-0.39, 0.29) is 0 Å². The van der Waals surface area contributed by atoms with Crippen LogP contribution in [-0.4, -0.2) is 14.8 Å². The molecule has 0 aliphatic heterocycles. The maximum Gasteiger partial charge on any atom is 0.0831 e. The molecule has 0 atom stereocenters. The van der Waals surface area contributed by atoms with Crippen molar-refractivity contribution in [1.82, 2.24) is 14.8 Å². The van der Waals surface area contributed by atoms with Crippen molar-refractivity contribution in [2.45, 2.75) is 6.54 Å². The Labute approximate surface area is 70.7 Å². The van der Waals surface area contributed by atoms with Crippen LogP contribution in [0.5, 0.6) is 0 Å². The third kappa shape index (κ3) is 1.50. The number of nitrogens with zero attached hydrogens (tertiary/aromatic N) is 3. The minimum atomic E-state index is 0.713. The minimum absolute atomic E-state index is 0.713. The number of rotatable bonds is 2. The molecule has 3 nitrogen and oxygen atoms in total. The zero-order valence-corrected chi connectivity index (χ0v) is 6.51. The van der Waals surface area contributed by atoms with Crippen LogP contribution in [0.25, 0.3) is 0 Å². The highest BCUT2D eigenvalue weighted by Crippen LogP contribution is 1.95. The SMILES string of the molecule is [c]1cnn(Cc2ccccn2)c1. The normalized spacial score (nSPS) is 10.0. The lowest BCUT2D eigenvalue weighted by Gasteiger charge is -1.98. The van der Waals surface area contributed by atoms with E-state index >= 15 is 0 Å². The molecule has 59 valence electrons. The molecule has 0 N–H and O–H groups in total. The molecule has 2 aromatic rings. The summed E-state index contributed by atoms with van der Waals surface area (Å²) in [4.78, 5) is 4.18. The van der Waals surface area contributed by atoms with Crippen LogP contribution in [-0.2, 0) is 6.54 Å². The van der Waals surface area contributed by atoms with Gasteiger partial charge in [-0.1, -0.05) is 6.07 Å². The summed E-state index contributed by atoms with van der Waals surface area (Å²) in [6.07, 6.45) is 5.22. The van der Waals surface area contributed by atoms with E-state index in [1.54, 1.807) is 23.3 Å². The molecular weight excluding hydrogens is 150 g/mol. The van der Waals surface area contributed by atoms with Crippen LogP contribution < -0.4 is 0 Å². The van der Waals surface area contributed by atoms with Crippen LogP contribution >= 0.6 is 0 Å². The predicted octanol–water partition coefficient (Wildman–Crippen LogP) is 1.13. The summed E-state index contributed by atoms with van der Waals surface area (Å²) < 4.78 is 1.79. The summed E-state index contributed by atoms with van der Waals surface area (Å²) in [6.45, 7) is 0.713. The van der Waals surface area contributed by atoms with E-state index in [0.717, 1.165) is 5.69 Å². The lowest BCUT2D eigenvalue weighted by Crippen LogP contribution is -2.00. The molecule has 0 bridgehead atoms. The van der Waals surface area contributed by atoms with Gasteiger partial charge in [0.15, 0.2) is 0 Å². The number of hydrogen-bond donors (Lipinski definition) is 0.